The molecule has 50 valence electrons. The highest BCUT2D eigenvalue weighted by Gasteiger charge is 2.02. The molecule has 0 unspecified atom stereocenters. The van der Waals surface area contributed by atoms with E-state index in [0.717, 1.165) is 6.42 Å². The highest BCUT2D eigenvalue weighted by atomic mass is 79.9. The van der Waals surface area contributed by atoms with Crippen molar-refractivity contribution in [3.8, 4) is 0 Å². The summed E-state index contributed by atoms with van der Waals surface area (Å²) in [5.41, 5.74) is 0. The molecule has 1 aromatic rings. The molecule has 0 saturated heterocycles. The highest BCUT2D eigenvalue weighted by molar-refractivity contribution is 9.13. The normalized spacial score (nSPS) is 10.1. The molecule has 1 heterocycles. The standard InChI is InChI=1S/C6H6Br2S/c1-2-5-6(8)4(7)3-9-5/h3H,2H2,1H3. The van der Waals surface area contributed by atoms with E-state index in [1.165, 1.54) is 13.8 Å². The van der Waals surface area contributed by atoms with Crippen LogP contribution in [0.5, 0.6) is 0 Å². The molecule has 0 aliphatic rings. The van der Waals surface area contributed by atoms with Crippen molar-refractivity contribution in [2.45, 2.75) is 13.3 Å². The van der Waals surface area contributed by atoms with E-state index in [1.807, 2.05) is 0 Å². The van der Waals surface area contributed by atoms with Crippen LogP contribution in [0.3, 0.4) is 0 Å². The lowest BCUT2D eigenvalue weighted by Gasteiger charge is -1.88. The molecule has 9 heavy (non-hydrogen) atoms. The maximum absolute atomic E-state index is 3.47. The summed E-state index contributed by atoms with van der Waals surface area (Å²) in [6.45, 7) is 2.16. The molecule has 0 radical (unpaired) electrons. The van der Waals surface area contributed by atoms with Gasteiger partial charge in [0.15, 0.2) is 0 Å². The Morgan fingerprint density at radius 3 is 2.44 bits per heavy atom. The molecule has 1 rings (SSSR count). The average molecular weight is 270 g/mol. The highest BCUT2D eigenvalue weighted by Crippen LogP contribution is 2.32. The van der Waals surface area contributed by atoms with Gasteiger partial charge < -0.3 is 0 Å². The van der Waals surface area contributed by atoms with Crippen LogP contribution in [0.25, 0.3) is 0 Å². The van der Waals surface area contributed by atoms with Crippen molar-refractivity contribution < 1.29 is 0 Å². The molecule has 0 aromatic carbocycles. The van der Waals surface area contributed by atoms with E-state index in [-0.39, 0.29) is 0 Å². The number of hydrogen-bond acceptors (Lipinski definition) is 1. The van der Waals surface area contributed by atoms with Crippen molar-refractivity contribution in [2.75, 3.05) is 0 Å². The van der Waals surface area contributed by atoms with Crippen LogP contribution in [0.15, 0.2) is 14.3 Å². The van der Waals surface area contributed by atoms with E-state index < -0.39 is 0 Å². The summed E-state index contributed by atoms with van der Waals surface area (Å²) in [7, 11) is 0. The van der Waals surface area contributed by atoms with Gasteiger partial charge in [-0.05, 0) is 38.3 Å². The number of rotatable bonds is 1. The lowest BCUT2D eigenvalue weighted by Crippen LogP contribution is -1.69. The molecule has 0 atom stereocenters. The zero-order valence-corrected chi connectivity index (χ0v) is 8.94. The van der Waals surface area contributed by atoms with Gasteiger partial charge in [0.2, 0.25) is 0 Å². The molecule has 0 N–H and O–H groups in total. The summed E-state index contributed by atoms with van der Waals surface area (Å²) >= 11 is 8.68. The Labute approximate surface area is 75.5 Å². The fourth-order valence-corrected chi connectivity index (χ4v) is 2.82. The van der Waals surface area contributed by atoms with E-state index in [2.05, 4.69) is 44.2 Å². The molecule has 0 spiro atoms. The van der Waals surface area contributed by atoms with Crippen LogP contribution < -0.4 is 0 Å². The molecular weight excluding hydrogens is 264 g/mol. The van der Waals surface area contributed by atoms with Gasteiger partial charge in [0.05, 0.1) is 0 Å². The van der Waals surface area contributed by atoms with Gasteiger partial charge in [0, 0.05) is 19.2 Å². The molecule has 0 bridgehead atoms. The van der Waals surface area contributed by atoms with Gasteiger partial charge in [-0.15, -0.1) is 11.3 Å². The number of thiophene rings is 1. The molecular formula is C6H6Br2S. The van der Waals surface area contributed by atoms with Crippen molar-refractivity contribution in [1.82, 2.24) is 0 Å². The monoisotopic (exact) mass is 268 g/mol. The van der Waals surface area contributed by atoms with Crippen LogP contribution in [-0.2, 0) is 6.42 Å². The zero-order chi connectivity index (χ0) is 6.85. The second-order valence-corrected chi connectivity index (χ2v) is 4.29. The average Bonchev–Trinajstić information content (AvgIpc) is 2.15. The van der Waals surface area contributed by atoms with Crippen LogP contribution in [0.2, 0.25) is 0 Å². The molecule has 0 aliphatic carbocycles. The van der Waals surface area contributed by atoms with E-state index in [4.69, 9.17) is 0 Å². The van der Waals surface area contributed by atoms with Crippen molar-refractivity contribution in [3.63, 3.8) is 0 Å². The van der Waals surface area contributed by atoms with Gasteiger partial charge in [0.1, 0.15) is 0 Å². The van der Waals surface area contributed by atoms with Crippen molar-refractivity contribution in [2.24, 2.45) is 0 Å². The summed E-state index contributed by atoms with van der Waals surface area (Å²) in [5.74, 6) is 0. The van der Waals surface area contributed by atoms with Gasteiger partial charge in [-0.25, -0.2) is 0 Å². The second-order valence-electron chi connectivity index (χ2n) is 1.67. The van der Waals surface area contributed by atoms with Gasteiger partial charge in [0.25, 0.3) is 0 Å². The number of halogens is 2. The molecule has 0 fully saturated rings. The van der Waals surface area contributed by atoms with Gasteiger partial charge in [-0.2, -0.15) is 0 Å². The topological polar surface area (TPSA) is 0 Å². The van der Waals surface area contributed by atoms with Crippen LogP contribution in [0.1, 0.15) is 11.8 Å². The lowest BCUT2D eigenvalue weighted by atomic mass is 10.4. The molecule has 1 aromatic heterocycles. The maximum Gasteiger partial charge on any atom is 0.0456 e. The van der Waals surface area contributed by atoms with Gasteiger partial charge >= 0.3 is 0 Å². The third-order valence-electron chi connectivity index (χ3n) is 1.08. The second kappa shape index (κ2) is 3.17. The first-order valence-corrected chi connectivity index (χ1v) is 5.13. The Kier molecular flexibility index (Phi) is 2.73. The molecule has 0 aliphatic heterocycles. The van der Waals surface area contributed by atoms with Crippen molar-refractivity contribution in [1.29, 1.82) is 0 Å². The van der Waals surface area contributed by atoms with E-state index >= 15 is 0 Å². The first-order chi connectivity index (χ1) is 4.25. The van der Waals surface area contributed by atoms with Crippen LogP contribution in [-0.4, -0.2) is 0 Å². The maximum atomic E-state index is 3.47. The fourth-order valence-electron chi connectivity index (χ4n) is 0.598. The van der Waals surface area contributed by atoms with Crippen LogP contribution in [0.4, 0.5) is 0 Å². The minimum Gasteiger partial charge on any atom is -0.147 e. The minimum absolute atomic E-state index is 1.11. The van der Waals surface area contributed by atoms with Crippen molar-refractivity contribution >= 4 is 43.2 Å². The molecule has 0 amide bonds. The summed E-state index contributed by atoms with van der Waals surface area (Å²) in [4.78, 5) is 1.40. The van der Waals surface area contributed by atoms with Gasteiger partial charge in [-0.3, -0.25) is 0 Å². The lowest BCUT2D eigenvalue weighted by molar-refractivity contribution is 1.17. The van der Waals surface area contributed by atoms with Gasteiger partial charge in [-0.1, -0.05) is 6.92 Å². The first kappa shape index (κ1) is 7.76. The molecule has 0 saturated carbocycles. The Morgan fingerprint density at radius 2 is 2.22 bits per heavy atom. The first-order valence-electron chi connectivity index (χ1n) is 2.67. The van der Waals surface area contributed by atoms with Crippen LogP contribution >= 0.6 is 43.2 Å². The summed E-state index contributed by atoms with van der Waals surface area (Å²) < 4.78 is 2.39. The minimum atomic E-state index is 1.11. The predicted octanol–water partition coefficient (Wildman–Crippen LogP) is 3.84. The summed E-state index contributed by atoms with van der Waals surface area (Å²) in [6.07, 6.45) is 1.11. The van der Waals surface area contributed by atoms with E-state index in [0.29, 0.717) is 0 Å². The predicted molar refractivity (Wildman–Crippen MR) is 49.1 cm³/mol. The fraction of sp³-hybridized carbons (Fsp3) is 0.333. The number of aryl methyl sites for hydroxylation is 1. The third-order valence-corrected chi connectivity index (χ3v) is 4.84. The largest absolute Gasteiger partial charge is 0.147 e. The zero-order valence-electron chi connectivity index (χ0n) is 4.95. The van der Waals surface area contributed by atoms with E-state index in [1.54, 1.807) is 11.3 Å². The van der Waals surface area contributed by atoms with E-state index in [9.17, 15) is 0 Å². The third kappa shape index (κ3) is 1.57. The Hall–Kier alpha value is 0.660. The SMILES string of the molecule is CCc1scc(Br)c1Br. The quantitative estimate of drug-likeness (QED) is 0.727. The summed E-state index contributed by atoms with van der Waals surface area (Å²) in [6, 6.07) is 0. The molecule has 0 nitrogen and oxygen atoms in total. The molecule has 3 heteroatoms. The van der Waals surface area contributed by atoms with Crippen molar-refractivity contribution in [3.05, 3.63) is 19.2 Å². The van der Waals surface area contributed by atoms with Crippen LogP contribution in [0, 0.1) is 0 Å². The Bertz CT molecular complexity index is 205. The number of hydrogen-bond donors (Lipinski definition) is 0. The Balaban J connectivity index is 3.04. The smallest absolute Gasteiger partial charge is 0.0456 e. The summed E-state index contributed by atoms with van der Waals surface area (Å²) in [5, 5.41) is 2.10. The Morgan fingerprint density at radius 1 is 1.56 bits per heavy atom.